The van der Waals surface area contributed by atoms with Crippen LogP contribution in [0.15, 0.2) is 24.3 Å². The Kier molecular flexibility index (Phi) is 6.40. The SMILES string of the molecule is COc1ccccc1C[B-](F)(F)F.[K+]. The molecule has 0 atom stereocenters. The zero-order chi connectivity index (χ0) is 9.90. The van der Waals surface area contributed by atoms with Gasteiger partial charge in [0, 0.05) is 0 Å². The standard InChI is InChI=1S/C8H9BF3O.K/c1-13-8-5-3-2-4-7(8)6-9(10,11)12;/h2-5H,6H2,1H3;/q-1;+1. The number of hydrogen-bond acceptors (Lipinski definition) is 1. The summed E-state index contributed by atoms with van der Waals surface area (Å²) < 4.78 is 41.0. The van der Waals surface area contributed by atoms with Crippen LogP contribution >= 0.6 is 0 Å². The minimum absolute atomic E-state index is 0. The minimum Gasteiger partial charge on any atom is -0.497 e. The topological polar surface area (TPSA) is 9.23 Å². The van der Waals surface area contributed by atoms with E-state index in [2.05, 4.69) is 0 Å². The van der Waals surface area contributed by atoms with Gasteiger partial charge in [0.2, 0.25) is 0 Å². The molecule has 72 valence electrons. The number of methoxy groups -OCH3 is 1. The third kappa shape index (κ3) is 4.84. The Labute approximate surface area is 123 Å². The molecule has 0 heterocycles. The summed E-state index contributed by atoms with van der Waals surface area (Å²) in [5, 5.41) is 0. The molecule has 0 radical (unpaired) electrons. The molecule has 1 nitrogen and oxygen atoms in total. The smallest absolute Gasteiger partial charge is 0.497 e. The molecule has 0 saturated carbocycles. The van der Waals surface area contributed by atoms with Gasteiger partial charge in [-0.05, 0) is 11.6 Å². The molecule has 14 heavy (non-hydrogen) atoms. The van der Waals surface area contributed by atoms with Crippen molar-refractivity contribution in [1.82, 2.24) is 0 Å². The van der Waals surface area contributed by atoms with Gasteiger partial charge in [-0.25, -0.2) is 0 Å². The predicted molar refractivity (Wildman–Crippen MR) is 45.8 cm³/mol. The molecule has 0 aliphatic heterocycles. The Morgan fingerprint density at radius 1 is 1.21 bits per heavy atom. The average molecular weight is 228 g/mol. The molecule has 0 spiro atoms. The van der Waals surface area contributed by atoms with E-state index in [0.29, 0.717) is 5.75 Å². The summed E-state index contributed by atoms with van der Waals surface area (Å²) in [6.45, 7) is -4.79. The molecule has 6 heteroatoms. The van der Waals surface area contributed by atoms with Gasteiger partial charge in [0.05, 0.1) is 7.11 Å². The summed E-state index contributed by atoms with van der Waals surface area (Å²) in [4.78, 5) is 0. The van der Waals surface area contributed by atoms with Crippen molar-refractivity contribution in [2.75, 3.05) is 7.11 Å². The van der Waals surface area contributed by atoms with Gasteiger partial charge in [0.1, 0.15) is 5.75 Å². The van der Waals surface area contributed by atoms with E-state index >= 15 is 0 Å². The zero-order valence-corrected chi connectivity index (χ0v) is 11.3. The molecule has 0 saturated heterocycles. The van der Waals surface area contributed by atoms with Crippen molar-refractivity contribution in [3.8, 4) is 5.75 Å². The summed E-state index contributed by atoms with van der Waals surface area (Å²) in [6.07, 6.45) is -0.885. The molecule has 0 amide bonds. The number of hydrogen-bond donors (Lipinski definition) is 0. The van der Waals surface area contributed by atoms with Crippen LogP contribution in [0.1, 0.15) is 5.56 Å². The maximum Gasteiger partial charge on any atom is 1.00 e. The summed E-state index contributed by atoms with van der Waals surface area (Å²) >= 11 is 0. The first-order valence-electron chi connectivity index (χ1n) is 3.86. The maximum absolute atomic E-state index is 12.1. The van der Waals surface area contributed by atoms with Crippen molar-refractivity contribution in [2.24, 2.45) is 0 Å². The molecule has 1 aromatic carbocycles. The quantitative estimate of drug-likeness (QED) is 0.641. The van der Waals surface area contributed by atoms with Crippen LogP contribution in [0.4, 0.5) is 12.9 Å². The molecule has 0 bridgehead atoms. The van der Waals surface area contributed by atoms with E-state index in [0.717, 1.165) is 0 Å². The van der Waals surface area contributed by atoms with Crippen molar-refractivity contribution in [3.63, 3.8) is 0 Å². The second-order valence-corrected chi connectivity index (χ2v) is 2.73. The van der Waals surface area contributed by atoms with Gasteiger partial charge >= 0.3 is 58.4 Å². The van der Waals surface area contributed by atoms with E-state index in [9.17, 15) is 12.9 Å². The van der Waals surface area contributed by atoms with Crippen LogP contribution in [0.3, 0.4) is 0 Å². The molecule has 0 N–H and O–H groups in total. The molecule has 0 aliphatic rings. The van der Waals surface area contributed by atoms with E-state index in [-0.39, 0.29) is 56.9 Å². The Bertz CT molecular complexity index is 290. The third-order valence-corrected chi connectivity index (χ3v) is 1.64. The van der Waals surface area contributed by atoms with E-state index in [1.807, 2.05) is 0 Å². The summed E-state index contributed by atoms with van der Waals surface area (Å²) in [6, 6.07) is 6.16. The molecule has 0 aromatic heterocycles. The summed E-state index contributed by atoms with van der Waals surface area (Å²) in [5.74, 6) is 0.293. The monoisotopic (exact) mass is 228 g/mol. The Hall–Kier alpha value is 0.511. The van der Waals surface area contributed by atoms with Gasteiger partial charge in [-0.2, -0.15) is 0 Å². The number of para-hydroxylation sites is 1. The van der Waals surface area contributed by atoms with Crippen molar-refractivity contribution < 1.29 is 69.1 Å². The van der Waals surface area contributed by atoms with Crippen LogP contribution in [-0.4, -0.2) is 14.1 Å². The van der Waals surface area contributed by atoms with Crippen LogP contribution in [0, 0.1) is 0 Å². The first kappa shape index (κ1) is 14.5. The largest absolute Gasteiger partial charge is 1.00 e. The first-order valence-corrected chi connectivity index (χ1v) is 3.86. The fourth-order valence-corrected chi connectivity index (χ4v) is 1.12. The van der Waals surface area contributed by atoms with E-state index in [1.54, 1.807) is 12.1 Å². The Balaban J connectivity index is 0.00000169. The molecular weight excluding hydrogens is 219 g/mol. The summed E-state index contributed by atoms with van der Waals surface area (Å²) in [5.41, 5.74) is 0.192. The van der Waals surface area contributed by atoms with Crippen LogP contribution < -0.4 is 56.1 Å². The fourth-order valence-electron chi connectivity index (χ4n) is 1.12. The third-order valence-electron chi connectivity index (χ3n) is 1.64. The van der Waals surface area contributed by atoms with Crippen LogP contribution in [-0.2, 0) is 6.32 Å². The Morgan fingerprint density at radius 3 is 2.29 bits per heavy atom. The molecule has 0 aliphatic carbocycles. The normalized spacial score (nSPS) is 10.6. The average Bonchev–Trinajstić information content (AvgIpc) is 2.02. The second kappa shape index (κ2) is 6.17. The van der Waals surface area contributed by atoms with Crippen LogP contribution in [0.5, 0.6) is 5.75 Å². The van der Waals surface area contributed by atoms with Gasteiger partial charge in [-0.1, -0.05) is 24.5 Å². The van der Waals surface area contributed by atoms with Crippen molar-refractivity contribution in [3.05, 3.63) is 29.8 Å². The number of ether oxygens (including phenoxy) is 1. The molecule has 0 fully saturated rings. The molecule has 0 unspecified atom stereocenters. The van der Waals surface area contributed by atoms with Gasteiger partial charge < -0.3 is 17.7 Å². The van der Waals surface area contributed by atoms with E-state index < -0.39 is 13.3 Å². The minimum atomic E-state index is -4.79. The maximum atomic E-state index is 12.1. The summed E-state index contributed by atoms with van der Waals surface area (Å²) in [7, 11) is 1.36. The first-order chi connectivity index (χ1) is 6.03. The van der Waals surface area contributed by atoms with Crippen LogP contribution in [0.2, 0.25) is 0 Å². The molecule has 1 aromatic rings. The fraction of sp³-hybridized carbons (Fsp3) is 0.250. The van der Waals surface area contributed by atoms with Gasteiger partial charge in [-0.15, -0.1) is 0 Å². The molecular formula is C8H9BF3KO. The van der Waals surface area contributed by atoms with Gasteiger partial charge in [0.25, 0.3) is 0 Å². The number of rotatable bonds is 3. The van der Waals surface area contributed by atoms with Gasteiger partial charge in [0.15, 0.2) is 0 Å². The number of halogens is 3. The van der Waals surface area contributed by atoms with E-state index in [1.165, 1.54) is 19.2 Å². The second-order valence-electron chi connectivity index (χ2n) is 2.73. The van der Waals surface area contributed by atoms with Crippen molar-refractivity contribution in [2.45, 2.75) is 6.32 Å². The molecule has 1 rings (SSSR count). The Morgan fingerprint density at radius 2 is 1.79 bits per heavy atom. The van der Waals surface area contributed by atoms with Crippen molar-refractivity contribution in [1.29, 1.82) is 0 Å². The van der Waals surface area contributed by atoms with E-state index in [4.69, 9.17) is 4.74 Å². The zero-order valence-electron chi connectivity index (χ0n) is 8.14. The predicted octanol–water partition coefficient (Wildman–Crippen LogP) is -0.372. The van der Waals surface area contributed by atoms with Crippen molar-refractivity contribution >= 4 is 6.98 Å². The van der Waals surface area contributed by atoms with Crippen LogP contribution in [0.25, 0.3) is 0 Å². The van der Waals surface area contributed by atoms with Gasteiger partial charge in [-0.3, -0.25) is 0 Å². The number of benzene rings is 1.